The second kappa shape index (κ2) is 10.7. The number of nitrogens with zero attached hydrogens (tertiary/aromatic N) is 3. The molecular weight excluding hydrogens is 429 g/mol. The second-order valence-electron chi connectivity index (χ2n) is 7.19. The van der Waals surface area contributed by atoms with Gasteiger partial charge in [0.2, 0.25) is 11.8 Å². The molecule has 32 heavy (non-hydrogen) atoms. The van der Waals surface area contributed by atoms with Crippen molar-refractivity contribution in [3.05, 3.63) is 77.9 Å². The molecule has 2 amide bonds. The molecule has 0 aliphatic heterocycles. The van der Waals surface area contributed by atoms with Crippen LogP contribution in [-0.4, -0.2) is 32.3 Å². The zero-order chi connectivity index (χ0) is 23.1. The molecule has 0 radical (unpaired) electrons. The van der Waals surface area contributed by atoms with Crippen LogP contribution in [0.25, 0.3) is 0 Å². The third-order valence-corrected chi connectivity index (χ3v) is 5.49. The molecule has 2 N–H and O–H groups in total. The van der Waals surface area contributed by atoms with Crippen molar-refractivity contribution in [1.82, 2.24) is 14.8 Å². The number of amides is 2. The summed E-state index contributed by atoms with van der Waals surface area (Å²) >= 11 is 1.20. The number of nitrogens with one attached hydrogen (secondary N) is 2. The van der Waals surface area contributed by atoms with E-state index in [0.717, 1.165) is 5.56 Å². The van der Waals surface area contributed by atoms with Crippen molar-refractivity contribution in [3.63, 3.8) is 0 Å². The summed E-state index contributed by atoms with van der Waals surface area (Å²) in [6.07, 6.45) is 1.72. The van der Waals surface area contributed by atoms with E-state index in [2.05, 4.69) is 27.4 Å². The van der Waals surface area contributed by atoms with Gasteiger partial charge >= 0.3 is 0 Å². The highest BCUT2D eigenvalue weighted by atomic mass is 32.2. The molecule has 2 aromatic carbocycles. The largest absolute Gasteiger partial charge is 0.326 e. The van der Waals surface area contributed by atoms with Gasteiger partial charge in [-0.05, 0) is 55.3 Å². The smallest absolute Gasteiger partial charge is 0.234 e. The normalized spacial score (nSPS) is 10.6. The quantitative estimate of drug-likeness (QED) is 0.376. The van der Waals surface area contributed by atoms with Crippen LogP contribution in [0.5, 0.6) is 0 Å². The number of aromatic nitrogens is 3. The number of allylic oxidation sites excluding steroid dienone is 1. The number of hydrogen-bond donors (Lipinski definition) is 2. The predicted molar refractivity (Wildman–Crippen MR) is 124 cm³/mol. The molecule has 0 aliphatic carbocycles. The van der Waals surface area contributed by atoms with Gasteiger partial charge in [0.1, 0.15) is 11.6 Å². The van der Waals surface area contributed by atoms with Crippen molar-refractivity contribution >= 4 is 35.0 Å². The summed E-state index contributed by atoms with van der Waals surface area (Å²) in [6.45, 7) is 7.82. The summed E-state index contributed by atoms with van der Waals surface area (Å²) < 4.78 is 15.0. The van der Waals surface area contributed by atoms with Gasteiger partial charge < -0.3 is 15.2 Å². The standard InChI is InChI=1S/C23H24FN5O2S/c1-4-10-29-20(13-21(30)25-18-7-5-6-15(2)11-18)27-28-23(29)32-14-22(31)26-19-9-8-17(24)12-16(19)3/h4-9,11-12H,1,10,13-14H2,2-3H3,(H,25,30)(H,26,31). The molecule has 0 spiro atoms. The molecule has 0 unspecified atom stereocenters. The number of halogens is 1. The Hall–Kier alpha value is -3.46. The van der Waals surface area contributed by atoms with Crippen LogP contribution in [0.2, 0.25) is 0 Å². The van der Waals surface area contributed by atoms with Gasteiger partial charge in [0.05, 0.1) is 12.2 Å². The number of carbonyl (C=O) groups excluding carboxylic acids is 2. The lowest BCUT2D eigenvalue weighted by molar-refractivity contribution is -0.116. The van der Waals surface area contributed by atoms with Crippen LogP contribution in [0, 0.1) is 19.7 Å². The Balaban J connectivity index is 1.62. The number of aryl methyl sites for hydroxylation is 2. The maximum Gasteiger partial charge on any atom is 0.234 e. The third-order valence-electron chi connectivity index (χ3n) is 4.52. The Labute approximate surface area is 190 Å². The monoisotopic (exact) mass is 453 g/mol. The van der Waals surface area contributed by atoms with Crippen molar-refractivity contribution in [2.75, 3.05) is 16.4 Å². The van der Waals surface area contributed by atoms with Crippen LogP contribution in [0.1, 0.15) is 17.0 Å². The van der Waals surface area contributed by atoms with E-state index in [1.165, 1.54) is 30.0 Å². The van der Waals surface area contributed by atoms with Gasteiger partial charge in [0.25, 0.3) is 0 Å². The average Bonchev–Trinajstić information content (AvgIpc) is 3.10. The first-order valence-corrected chi connectivity index (χ1v) is 10.9. The minimum Gasteiger partial charge on any atom is -0.326 e. The molecule has 1 heterocycles. The van der Waals surface area contributed by atoms with E-state index >= 15 is 0 Å². The molecule has 3 rings (SSSR count). The van der Waals surface area contributed by atoms with Crippen LogP contribution in [-0.2, 0) is 22.6 Å². The highest BCUT2D eigenvalue weighted by Crippen LogP contribution is 2.20. The van der Waals surface area contributed by atoms with Crippen LogP contribution in [0.4, 0.5) is 15.8 Å². The van der Waals surface area contributed by atoms with Crippen LogP contribution >= 0.6 is 11.8 Å². The lowest BCUT2D eigenvalue weighted by atomic mass is 10.2. The molecule has 166 valence electrons. The van der Waals surface area contributed by atoms with Crippen molar-refractivity contribution in [1.29, 1.82) is 0 Å². The molecule has 9 heteroatoms. The number of rotatable bonds is 9. The fourth-order valence-corrected chi connectivity index (χ4v) is 3.79. The Morgan fingerprint density at radius 3 is 2.66 bits per heavy atom. The predicted octanol–water partition coefficient (Wildman–Crippen LogP) is 4.13. The molecule has 0 aliphatic rings. The van der Waals surface area contributed by atoms with E-state index in [1.54, 1.807) is 17.6 Å². The molecule has 7 nitrogen and oxygen atoms in total. The topological polar surface area (TPSA) is 88.9 Å². The zero-order valence-electron chi connectivity index (χ0n) is 17.9. The van der Waals surface area contributed by atoms with E-state index in [0.29, 0.717) is 34.5 Å². The van der Waals surface area contributed by atoms with E-state index < -0.39 is 0 Å². The maximum absolute atomic E-state index is 13.2. The van der Waals surface area contributed by atoms with Gasteiger partial charge in [-0.2, -0.15) is 0 Å². The van der Waals surface area contributed by atoms with Crippen molar-refractivity contribution in [2.24, 2.45) is 0 Å². The minimum atomic E-state index is -0.355. The number of anilines is 2. The molecule has 0 saturated heterocycles. The highest BCUT2D eigenvalue weighted by molar-refractivity contribution is 7.99. The fourth-order valence-electron chi connectivity index (χ4n) is 3.02. The number of hydrogen-bond acceptors (Lipinski definition) is 5. The molecule has 0 saturated carbocycles. The molecular formula is C23H24FN5O2S. The van der Waals surface area contributed by atoms with Crippen LogP contribution in [0.3, 0.4) is 0 Å². The van der Waals surface area contributed by atoms with E-state index in [-0.39, 0.29) is 29.8 Å². The van der Waals surface area contributed by atoms with E-state index in [9.17, 15) is 14.0 Å². The summed E-state index contributed by atoms with van der Waals surface area (Å²) in [5, 5.41) is 14.4. The Morgan fingerprint density at radius 2 is 1.94 bits per heavy atom. The Bertz CT molecular complexity index is 1150. The van der Waals surface area contributed by atoms with Crippen LogP contribution < -0.4 is 10.6 Å². The first-order valence-electron chi connectivity index (χ1n) is 9.94. The molecule has 0 atom stereocenters. The van der Waals surface area contributed by atoms with E-state index in [1.807, 2.05) is 31.2 Å². The van der Waals surface area contributed by atoms with Gasteiger partial charge in [-0.15, -0.1) is 16.8 Å². The summed E-state index contributed by atoms with van der Waals surface area (Å²) in [6, 6.07) is 11.7. The second-order valence-corrected chi connectivity index (χ2v) is 8.13. The Kier molecular flexibility index (Phi) is 7.77. The van der Waals surface area contributed by atoms with Gasteiger partial charge in [-0.1, -0.05) is 30.0 Å². The lowest BCUT2D eigenvalue weighted by Gasteiger charge is -2.10. The van der Waals surface area contributed by atoms with E-state index in [4.69, 9.17) is 0 Å². The SMILES string of the molecule is C=CCn1c(CC(=O)Nc2cccc(C)c2)nnc1SCC(=O)Nc1ccc(F)cc1C. The van der Waals surface area contributed by atoms with Gasteiger partial charge in [0, 0.05) is 17.9 Å². The number of benzene rings is 2. The van der Waals surface area contributed by atoms with Crippen molar-refractivity contribution in [2.45, 2.75) is 32.0 Å². The third kappa shape index (κ3) is 6.27. The van der Waals surface area contributed by atoms with Gasteiger partial charge in [0.15, 0.2) is 5.16 Å². The van der Waals surface area contributed by atoms with Crippen LogP contribution in [0.15, 0.2) is 60.3 Å². The number of carbonyl (C=O) groups is 2. The summed E-state index contributed by atoms with van der Waals surface area (Å²) in [5.74, 6) is -0.258. The molecule has 0 fully saturated rings. The summed E-state index contributed by atoms with van der Waals surface area (Å²) in [4.78, 5) is 24.8. The summed E-state index contributed by atoms with van der Waals surface area (Å²) in [5.41, 5.74) is 2.95. The maximum atomic E-state index is 13.2. The van der Waals surface area contributed by atoms with Crippen molar-refractivity contribution < 1.29 is 14.0 Å². The molecule has 1 aromatic heterocycles. The summed E-state index contributed by atoms with van der Waals surface area (Å²) in [7, 11) is 0. The zero-order valence-corrected chi connectivity index (χ0v) is 18.7. The molecule has 0 bridgehead atoms. The Morgan fingerprint density at radius 1 is 1.12 bits per heavy atom. The first-order chi connectivity index (χ1) is 15.4. The molecule has 3 aromatic rings. The van der Waals surface area contributed by atoms with Gasteiger partial charge in [-0.3, -0.25) is 9.59 Å². The minimum absolute atomic E-state index is 0.0380. The fraction of sp³-hybridized carbons (Fsp3) is 0.217. The average molecular weight is 454 g/mol. The van der Waals surface area contributed by atoms with Gasteiger partial charge in [-0.25, -0.2) is 4.39 Å². The number of thioether (sulfide) groups is 1. The van der Waals surface area contributed by atoms with Crippen molar-refractivity contribution in [3.8, 4) is 0 Å². The lowest BCUT2D eigenvalue weighted by Crippen LogP contribution is -2.18. The highest BCUT2D eigenvalue weighted by Gasteiger charge is 2.17. The first kappa shape index (κ1) is 23.2.